The first-order valence-corrected chi connectivity index (χ1v) is 16.1. The zero-order chi connectivity index (χ0) is 31.5. The minimum Gasteiger partial charge on any atom is -0.481 e. The number of nitrogens with zero attached hydrogens (tertiary/aromatic N) is 6. The summed E-state index contributed by atoms with van der Waals surface area (Å²) in [7, 11) is 0. The lowest BCUT2D eigenvalue weighted by atomic mass is 10.1. The number of hydrogen-bond acceptors (Lipinski definition) is 9. The van der Waals surface area contributed by atoms with Crippen LogP contribution >= 0.6 is 23.2 Å². The van der Waals surface area contributed by atoms with Crippen LogP contribution in [0.1, 0.15) is 31.7 Å². The number of pyridine rings is 1. The summed E-state index contributed by atoms with van der Waals surface area (Å²) in [5.74, 6) is 1.89. The van der Waals surface area contributed by atoms with E-state index in [1.165, 1.54) is 0 Å². The minimum absolute atomic E-state index is 0.0516. The first kappa shape index (κ1) is 31.5. The molecular formula is C32H37Cl2N7O4. The quantitative estimate of drug-likeness (QED) is 0.321. The van der Waals surface area contributed by atoms with Gasteiger partial charge in [-0.3, -0.25) is 19.4 Å². The molecule has 2 aromatic heterocycles. The van der Waals surface area contributed by atoms with E-state index in [0.29, 0.717) is 57.7 Å². The van der Waals surface area contributed by atoms with E-state index in [2.05, 4.69) is 36.1 Å². The molecule has 0 bridgehead atoms. The van der Waals surface area contributed by atoms with Gasteiger partial charge in [-0.15, -0.1) is 0 Å². The molecule has 238 valence electrons. The summed E-state index contributed by atoms with van der Waals surface area (Å²) in [5.41, 5.74) is 2.55. The molecule has 6 rings (SSSR count). The van der Waals surface area contributed by atoms with Crippen molar-refractivity contribution in [3.8, 4) is 22.9 Å². The van der Waals surface area contributed by atoms with Gasteiger partial charge in [0.15, 0.2) is 5.75 Å². The number of rotatable bonds is 10. The highest BCUT2D eigenvalue weighted by atomic mass is 35.5. The van der Waals surface area contributed by atoms with Crippen molar-refractivity contribution in [2.75, 3.05) is 50.7 Å². The van der Waals surface area contributed by atoms with Crippen molar-refractivity contribution in [3.05, 3.63) is 58.3 Å². The molecular weight excluding hydrogens is 617 g/mol. The minimum atomic E-state index is -0.781. The van der Waals surface area contributed by atoms with E-state index in [0.717, 1.165) is 69.8 Å². The van der Waals surface area contributed by atoms with Crippen molar-refractivity contribution in [1.29, 1.82) is 0 Å². The summed E-state index contributed by atoms with van der Waals surface area (Å²) in [6.45, 7) is 7.75. The van der Waals surface area contributed by atoms with E-state index >= 15 is 0 Å². The third-order valence-electron chi connectivity index (χ3n) is 8.82. The van der Waals surface area contributed by atoms with Crippen LogP contribution in [0.25, 0.3) is 11.3 Å². The van der Waals surface area contributed by atoms with Gasteiger partial charge in [0.05, 0.1) is 24.5 Å². The molecule has 3 aliphatic rings. The Labute approximate surface area is 272 Å². The van der Waals surface area contributed by atoms with Crippen LogP contribution in [0.4, 0.5) is 5.95 Å². The molecule has 3 fully saturated rings. The van der Waals surface area contributed by atoms with E-state index in [4.69, 9.17) is 38.0 Å². The maximum atomic E-state index is 11.5. The second-order valence-corrected chi connectivity index (χ2v) is 12.9. The van der Waals surface area contributed by atoms with Crippen LogP contribution in [0.5, 0.6) is 11.6 Å². The number of fused-ring (bicyclic) bond motifs is 1. The Bertz CT molecular complexity index is 1500. The molecule has 1 saturated carbocycles. The van der Waals surface area contributed by atoms with Gasteiger partial charge >= 0.3 is 5.97 Å². The Hall–Kier alpha value is -3.51. The predicted octanol–water partition coefficient (Wildman–Crippen LogP) is 4.58. The second-order valence-electron chi connectivity index (χ2n) is 12.1. The van der Waals surface area contributed by atoms with Gasteiger partial charge in [0.2, 0.25) is 17.7 Å². The third-order valence-corrected chi connectivity index (χ3v) is 9.26. The number of benzene rings is 1. The first-order chi connectivity index (χ1) is 21.7. The third kappa shape index (κ3) is 8.21. The highest BCUT2D eigenvalue weighted by Gasteiger charge is 2.50. The van der Waals surface area contributed by atoms with Crippen LogP contribution in [0.15, 0.2) is 42.7 Å². The fourth-order valence-electron chi connectivity index (χ4n) is 6.50. The molecule has 13 heteroatoms. The molecule has 1 amide bonds. The molecule has 2 N–H and O–H groups in total. The number of aromatic nitrogens is 3. The number of carboxylic acids is 1. The molecule has 1 aliphatic carbocycles. The lowest BCUT2D eigenvalue weighted by Gasteiger charge is -2.34. The molecule has 2 atom stereocenters. The Morgan fingerprint density at radius 2 is 1.60 bits per heavy atom. The van der Waals surface area contributed by atoms with Crippen molar-refractivity contribution >= 4 is 41.0 Å². The van der Waals surface area contributed by atoms with Crippen molar-refractivity contribution in [3.63, 3.8) is 0 Å². The number of carboxylic acid groups (broad SMARTS) is 1. The summed E-state index contributed by atoms with van der Waals surface area (Å²) in [5, 5.41) is 13.1. The number of piperazine rings is 1. The first-order valence-electron chi connectivity index (χ1n) is 15.4. The van der Waals surface area contributed by atoms with Gasteiger partial charge in [0.1, 0.15) is 0 Å². The van der Waals surface area contributed by atoms with Gasteiger partial charge in [0, 0.05) is 73.9 Å². The molecule has 2 aliphatic heterocycles. The van der Waals surface area contributed by atoms with Crippen LogP contribution in [0.2, 0.25) is 10.0 Å². The van der Waals surface area contributed by atoms with Crippen LogP contribution in [-0.2, 0) is 16.1 Å². The molecule has 45 heavy (non-hydrogen) atoms. The van der Waals surface area contributed by atoms with Crippen LogP contribution in [0, 0.1) is 11.8 Å². The van der Waals surface area contributed by atoms with Gasteiger partial charge in [0.25, 0.3) is 0 Å². The maximum Gasteiger partial charge on any atom is 0.304 e. The number of ether oxygens (including phenoxy) is 1. The largest absolute Gasteiger partial charge is 0.481 e. The summed E-state index contributed by atoms with van der Waals surface area (Å²) in [4.78, 5) is 43.0. The van der Waals surface area contributed by atoms with Crippen molar-refractivity contribution in [1.82, 2.24) is 30.1 Å². The van der Waals surface area contributed by atoms with E-state index < -0.39 is 5.97 Å². The van der Waals surface area contributed by atoms with Gasteiger partial charge in [-0.2, -0.15) is 0 Å². The summed E-state index contributed by atoms with van der Waals surface area (Å²) < 4.78 is 6.20. The predicted molar refractivity (Wildman–Crippen MR) is 172 cm³/mol. The fraction of sp³-hybridized carbons (Fsp3) is 0.469. The standard InChI is InChI=1S/C32H37Cl2N7O4/c1-20(42)37-31-26-2-5-40(6-3-27(26)31)19-21-12-28(22-14-23(33)16-24(34)15-22)38-29(13-21)45-25-17-35-32(36-18-25)41-10-8-39(9-11-41)7-4-30(43)44/h12-18,26-27,31H,2-11,19H2,1H3,(H,37,42)(H,43,44). The van der Waals surface area contributed by atoms with Crippen molar-refractivity contribution in [2.45, 2.75) is 38.8 Å². The highest BCUT2D eigenvalue weighted by molar-refractivity contribution is 6.35. The Balaban J connectivity index is 1.14. The average molecular weight is 655 g/mol. The normalized spacial score (nSPS) is 21.9. The second kappa shape index (κ2) is 13.9. The topological polar surface area (TPSA) is 124 Å². The number of nitrogens with one attached hydrogen (secondary N) is 1. The Morgan fingerprint density at radius 1 is 0.933 bits per heavy atom. The molecule has 4 heterocycles. The summed E-state index contributed by atoms with van der Waals surface area (Å²) in [6.07, 6.45) is 5.55. The molecule has 1 aromatic carbocycles. The lowest BCUT2D eigenvalue weighted by Crippen LogP contribution is -2.47. The number of carbonyl (C=O) groups excluding carboxylic acids is 1. The number of carbonyl (C=O) groups is 2. The molecule has 3 aromatic rings. The van der Waals surface area contributed by atoms with Gasteiger partial charge in [-0.1, -0.05) is 23.2 Å². The number of anilines is 1. The monoisotopic (exact) mass is 653 g/mol. The van der Waals surface area contributed by atoms with E-state index in [1.807, 2.05) is 18.2 Å². The highest BCUT2D eigenvalue weighted by Crippen LogP contribution is 2.46. The zero-order valence-electron chi connectivity index (χ0n) is 25.2. The van der Waals surface area contributed by atoms with Crippen molar-refractivity contribution < 1.29 is 19.4 Å². The Morgan fingerprint density at radius 3 is 2.22 bits per heavy atom. The molecule has 2 saturated heterocycles. The SMILES string of the molecule is CC(=O)NC1C2CCN(Cc3cc(Oc4cnc(N5CCN(CCC(=O)O)CC5)nc4)nc(-c4cc(Cl)cc(Cl)c4)c3)CCC21. The number of amides is 1. The molecule has 11 nitrogen and oxygen atoms in total. The van der Waals surface area contributed by atoms with Gasteiger partial charge in [-0.25, -0.2) is 15.0 Å². The maximum absolute atomic E-state index is 11.5. The average Bonchev–Trinajstić information content (AvgIpc) is 3.71. The number of hydrogen-bond donors (Lipinski definition) is 2. The molecule has 0 radical (unpaired) electrons. The van der Waals surface area contributed by atoms with Crippen molar-refractivity contribution in [2.24, 2.45) is 11.8 Å². The van der Waals surface area contributed by atoms with E-state index in [9.17, 15) is 9.59 Å². The van der Waals surface area contributed by atoms with Gasteiger partial charge in [-0.05, 0) is 67.6 Å². The van der Waals surface area contributed by atoms with Crippen LogP contribution in [-0.4, -0.2) is 93.6 Å². The van der Waals surface area contributed by atoms with Crippen LogP contribution < -0.4 is 15.0 Å². The summed E-state index contributed by atoms with van der Waals surface area (Å²) in [6, 6.07) is 9.70. The molecule has 2 unspecified atom stereocenters. The van der Waals surface area contributed by atoms with E-state index in [1.54, 1.807) is 25.4 Å². The fourth-order valence-corrected chi connectivity index (χ4v) is 7.02. The number of likely N-dealkylation sites (tertiary alicyclic amines) is 1. The van der Waals surface area contributed by atoms with Gasteiger partial charge < -0.3 is 20.1 Å². The number of aliphatic carboxylic acids is 1. The molecule has 0 spiro atoms. The smallest absolute Gasteiger partial charge is 0.304 e. The number of halogens is 2. The van der Waals surface area contributed by atoms with Crippen LogP contribution in [0.3, 0.4) is 0 Å². The Kier molecular flexibility index (Phi) is 9.70. The summed E-state index contributed by atoms with van der Waals surface area (Å²) >= 11 is 12.7. The lowest BCUT2D eigenvalue weighted by molar-refractivity contribution is -0.137. The van der Waals surface area contributed by atoms with E-state index in [-0.39, 0.29) is 12.3 Å². The zero-order valence-corrected chi connectivity index (χ0v) is 26.7.